The maximum atomic E-state index is 13.4. The zero-order valence-corrected chi connectivity index (χ0v) is 12.7. The molecular weight excluding hydrogens is 267 g/mol. The molecule has 21 heavy (non-hydrogen) atoms. The van der Waals surface area contributed by atoms with Crippen LogP contribution in [0.25, 0.3) is 5.82 Å². The quantitative estimate of drug-likeness (QED) is 0.850. The molecule has 0 atom stereocenters. The predicted octanol–water partition coefficient (Wildman–Crippen LogP) is 3.01. The third-order valence-electron chi connectivity index (χ3n) is 2.89. The first-order valence-corrected chi connectivity index (χ1v) is 6.80. The zero-order chi connectivity index (χ0) is 15.6. The van der Waals surface area contributed by atoms with Crippen molar-refractivity contribution in [1.82, 2.24) is 15.1 Å². The van der Waals surface area contributed by atoms with Crippen molar-refractivity contribution in [2.45, 2.75) is 32.7 Å². The van der Waals surface area contributed by atoms with Gasteiger partial charge >= 0.3 is 0 Å². The summed E-state index contributed by atoms with van der Waals surface area (Å²) in [5.74, 6) is 0.308. The van der Waals surface area contributed by atoms with E-state index in [1.165, 1.54) is 6.07 Å². The van der Waals surface area contributed by atoms with Crippen molar-refractivity contribution < 1.29 is 4.39 Å². The van der Waals surface area contributed by atoms with Gasteiger partial charge in [-0.3, -0.25) is 0 Å². The number of hydrogen-bond donors (Lipinski definition) is 2. The molecule has 1 heterocycles. The van der Waals surface area contributed by atoms with Crippen molar-refractivity contribution in [3.63, 3.8) is 0 Å². The van der Waals surface area contributed by atoms with Crippen molar-refractivity contribution in [1.29, 1.82) is 0 Å². The Morgan fingerprint density at radius 1 is 1.38 bits per heavy atom. The molecule has 1 aromatic heterocycles. The van der Waals surface area contributed by atoms with E-state index >= 15 is 0 Å². The number of nitrogens with zero attached hydrogens (tertiary/aromatic N) is 2. The molecule has 112 valence electrons. The second-order valence-electron chi connectivity index (χ2n) is 6.11. The average Bonchev–Trinajstić information content (AvgIpc) is 2.80. The van der Waals surface area contributed by atoms with Gasteiger partial charge in [-0.15, -0.1) is 0 Å². The van der Waals surface area contributed by atoms with Gasteiger partial charge in [-0.2, -0.15) is 5.10 Å². The van der Waals surface area contributed by atoms with E-state index in [1.54, 1.807) is 16.8 Å². The molecule has 0 bridgehead atoms. The highest BCUT2D eigenvalue weighted by Gasteiger charge is 2.12. The second kappa shape index (κ2) is 5.60. The minimum absolute atomic E-state index is 0.0801. The number of anilines is 1. The number of aromatic nitrogens is 2. The van der Waals surface area contributed by atoms with Gasteiger partial charge in [-0.25, -0.2) is 9.07 Å². The van der Waals surface area contributed by atoms with Gasteiger partial charge in [0.05, 0.1) is 11.4 Å². The van der Waals surface area contributed by atoms with Crippen LogP contribution in [0, 0.1) is 5.82 Å². The zero-order valence-electron chi connectivity index (χ0n) is 12.7. The van der Waals surface area contributed by atoms with Gasteiger partial charge in [0.25, 0.3) is 0 Å². The van der Waals surface area contributed by atoms with Crippen LogP contribution >= 0.6 is 0 Å². The molecule has 0 aliphatic rings. The number of benzene rings is 1. The first kappa shape index (κ1) is 15.1. The Bertz CT molecular complexity index is 653. The SMILES string of the molecule is C=C(NC(C)(C)C)n1ccc(Cc2ccc(N)c(F)c2)n1. The summed E-state index contributed by atoms with van der Waals surface area (Å²) in [7, 11) is 0. The van der Waals surface area contributed by atoms with E-state index in [2.05, 4.69) is 37.8 Å². The number of nitrogens with two attached hydrogens (primary N) is 1. The van der Waals surface area contributed by atoms with Crippen molar-refractivity contribution >= 4 is 11.5 Å². The molecule has 5 heteroatoms. The van der Waals surface area contributed by atoms with Crippen LogP contribution in [0.4, 0.5) is 10.1 Å². The lowest BCUT2D eigenvalue weighted by Crippen LogP contribution is -2.35. The normalized spacial score (nSPS) is 11.4. The highest BCUT2D eigenvalue weighted by atomic mass is 19.1. The summed E-state index contributed by atoms with van der Waals surface area (Å²) in [5, 5.41) is 7.70. The Balaban J connectivity index is 2.09. The molecule has 0 aliphatic carbocycles. The standard InChI is InChI=1S/C16H21FN4/c1-11(19-16(2,3)4)21-8-7-13(20-21)9-12-5-6-15(18)14(17)10-12/h5-8,10,19H,1,9,18H2,2-4H3. The molecule has 4 nitrogen and oxygen atoms in total. The summed E-state index contributed by atoms with van der Waals surface area (Å²) < 4.78 is 15.1. The molecule has 0 aliphatic heterocycles. The summed E-state index contributed by atoms with van der Waals surface area (Å²) in [4.78, 5) is 0. The number of halogens is 1. The monoisotopic (exact) mass is 288 g/mol. The van der Waals surface area contributed by atoms with Gasteiger partial charge < -0.3 is 11.1 Å². The third-order valence-corrected chi connectivity index (χ3v) is 2.89. The first-order chi connectivity index (χ1) is 9.74. The average molecular weight is 288 g/mol. The fourth-order valence-electron chi connectivity index (χ4n) is 1.99. The number of rotatable bonds is 4. The van der Waals surface area contributed by atoms with Crippen molar-refractivity contribution in [2.24, 2.45) is 0 Å². The molecule has 0 radical (unpaired) electrons. The number of hydrogen-bond acceptors (Lipinski definition) is 3. The van der Waals surface area contributed by atoms with Crippen molar-refractivity contribution in [3.05, 3.63) is 54.1 Å². The summed E-state index contributed by atoms with van der Waals surface area (Å²) >= 11 is 0. The van der Waals surface area contributed by atoms with E-state index in [0.29, 0.717) is 12.2 Å². The van der Waals surface area contributed by atoms with Crippen molar-refractivity contribution in [2.75, 3.05) is 5.73 Å². The van der Waals surface area contributed by atoms with E-state index in [9.17, 15) is 4.39 Å². The fourth-order valence-corrected chi connectivity index (χ4v) is 1.99. The van der Waals surface area contributed by atoms with Gasteiger partial charge in [0.2, 0.25) is 0 Å². The summed E-state index contributed by atoms with van der Waals surface area (Å²) in [6.07, 6.45) is 2.39. The van der Waals surface area contributed by atoms with Gasteiger partial charge in [0.15, 0.2) is 0 Å². The minimum Gasteiger partial charge on any atom is -0.396 e. The van der Waals surface area contributed by atoms with Crippen LogP contribution in [0.15, 0.2) is 37.0 Å². The van der Waals surface area contributed by atoms with E-state index in [4.69, 9.17) is 5.73 Å². The van der Waals surface area contributed by atoms with E-state index < -0.39 is 5.82 Å². The molecule has 0 saturated heterocycles. The highest BCUT2D eigenvalue weighted by molar-refractivity contribution is 5.42. The molecule has 3 N–H and O–H groups in total. The molecular formula is C16H21FN4. The lowest BCUT2D eigenvalue weighted by molar-refractivity contribution is 0.486. The Morgan fingerprint density at radius 3 is 2.71 bits per heavy atom. The highest BCUT2D eigenvalue weighted by Crippen LogP contribution is 2.15. The molecule has 0 spiro atoms. The van der Waals surface area contributed by atoms with Crippen LogP contribution in [0.2, 0.25) is 0 Å². The molecule has 0 saturated carbocycles. The first-order valence-electron chi connectivity index (χ1n) is 6.80. The van der Waals surface area contributed by atoms with Gasteiger partial charge in [0.1, 0.15) is 11.6 Å². The van der Waals surface area contributed by atoms with Crippen LogP contribution in [0.3, 0.4) is 0 Å². The molecule has 2 rings (SSSR count). The number of nitrogens with one attached hydrogen (secondary N) is 1. The van der Waals surface area contributed by atoms with Gasteiger partial charge in [-0.1, -0.05) is 12.6 Å². The van der Waals surface area contributed by atoms with E-state index in [0.717, 1.165) is 11.3 Å². The molecule has 0 amide bonds. The van der Waals surface area contributed by atoms with Crippen molar-refractivity contribution in [3.8, 4) is 0 Å². The van der Waals surface area contributed by atoms with Crippen LogP contribution in [0.1, 0.15) is 32.0 Å². The molecule has 0 unspecified atom stereocenters. The summed E-state index contributed by atoms with van der Waals surface area (Å²) in [5.41, 5.74) is 7.23. The van der Waals surface area contributed by atoms with Gasteiger partial charge in [-0.05, 0) is 44.5 Å². The fraction of sp³-hybridized carbons (Fsp3) is 0.312. The van der Waals surface area contributed by atoms with Crippen LogP contribution < -0.4 is 11.1 Å². The van der Waals surface area contributed by atoms with Crippen LogP contribution in [-0.4, -0.2) is 15.3 Å². The smallest absolute Gasteiger partial charge is 0.146 e. The minimum atomic E-state index is -0.397. The maximum Gasteiger partial charge on any atom is 0.146 e. The Labute approximate surface area is 124 Å². The Morgan fingerprint density at radius 2 is 2.10 bits per heavy atom. The lowest BCUT2D eigenvalue weighted by Gasteiger charge is -2.23. The summed E-state index contributed by atoms with van der Waals surface area (Å²) in [6.45, 7) is 10.1. The van der Waals surface area contributed by atoms with Gasteiger partial charge in [0, 0.05) is 18.2 Å². The largest absolute Gasteiger partial charge is 0.396 e. The Kier molecular flexibility index (Phi) is 4.02. The number of nitrogen functional groups attached to an aromatic ring is 1. The summed E-state index contributed by atoms with van der Waals surface area (Å²) in [6, 6.07) is 6.71. The van der Waals surface area contributed by atoms with Crippen LogP contribution in [-0.2, 0) is 6.42 Å². The van der Waals surface area contributed by atoms with Crippen LogP contribution in [0.5, 0.6) is 0 Å². The van der Waals surface area contributed by atoms with E-state index in [-0.39, 0.29) is 11.2 Å². The molecule has 1 aromatic carbocycles. The van der Waals surface area contributed by atoms with E-state index in [1.807, 2.05) is 12.3 Å². The Hall–Kier alpha value is -2.30. The second-order valence-corrected chi connectivity index (χ2v) is 6.11. The predicted molar refractivity (Wildman–Crippen MR) is 84.1 cm³/mol. The maximum absolute atomic E-state index is 13.4. The topological polar surface area (TPSA) is 55.9 Å². The molecule has 2 aromatic rings. The third kappa shape index (κ3) is 4.08. The molecule has 0 fully saturated rings. The lowest BCUT2D eigenvalue weighted by atomic mass is 10.1.